The summed E-state index contributed by atoms with van der Waals surface area (Å²) >= 11 is 0. The van der Waals surface area contributed by atoms with Gasteiger partial charge in [0.05, 0.1) is 18.2 Å². The van der Waals surface area contributed by atoms with Crippen molar-refractivity contribution >= 4 is 28.5 Å². The van der Waals surface area contributed by atoms with Crippen LogP contribution in [0.3, 0.4) is 0 Å². The Balaban J connectivity index is 1.49. The highest BCUT2D eigenvalue weighted by molar-refractivity contribution is 5.91. The van der Waals surface area contributed by atoms with Crippen LogP contribution in [0.5, 0.6) is 0 Å². The van der Waals surface area contributed by atoms with Gasteiger partial charge in [0, 0.05) is 29.1 Å². The maximum absolute atomic E-state index is 13.9. The molecule has 4 aromatic rings. The van der Waals surface area contributed by atoms with Crippen LogP contribution in [0.4, 0.5) is 26.4 Å². The zero-order chi connectivity index (χ0) is 21.4. The molecule has 2 heterocycles. The number of nitrogens with zero attached hydrogens (tertiary/aromatic N) is 3. The minimum Gasteiger partial charge on any atom is -0.394 e. The Kier molecular flexibility index (Phi) is 4.95. The molecule has 1 saturated carbocycles. The molecule has 31 heavy (non-hydrogen) atoms. The molecule has 0 radical (unpaired) electrons. The van der Waals surface area contributed by atoms with Crippen LogP contribution in [0, 0.1) is 11.6 Å². The summed E-state index contributed by atoms with van der Waals surface area (Å²) in [6.07, 6.45) is 2.30. The number of hydrogen-bond donors (Lipinski definition) is 4. The Bertz CT molecular complexity index is 1220. The maximum atomic E-state index is 13.9. The third kappa shape index (κ3) is 4.17. The summed E-state index contributed by atoms with van der Waals surface area (Å²) in [6.45, 7) is -0.261. The summed E-state index contributed by atoms with van der Waals surface area (Å²) in [7, 11) is 0. The first-order valence-corrected chi connectivity index (χ1v) is 10.0. The number of aromatic nitrogens is 4. The van der Waals surface area contributed by atoms with Crippen molar-refractivity contribution in [1.82, 2.24) is 20.2 Å². The topological polar surface area (TPSA) is 98.8 Å². The van der Waals surface area contributed by atoms with E-state index in [9.17, 15) is 13.9 Å². The van der Waals surface area contributed by atoms with Gasteiger partial charge in [-0.05, 0) is 42.7 Å². The van der Waals surface area contributed by atoms with Crippen molar-refractivity contribution in [1.29, 1.82) is 0 Å². The molecule has 0 saturated heterocycles. The van der Waals surface area contributed by atoms with E-state index in [1.807, 2.05) is 6.07 Å². The standard InChI is InChI=1S/C22H20F2N6O/c23-14-5-3-13(4-6-14)19(11-31)26-22-25-18-9-15(24)7-8-16(18)21(28-22)27-20-10-17(29-30-20)12-1-2-12/h3-10,12,19,31H,1-2,11H2,(H3,25,26,27,28,29,30)/t19-/m1/s1. The van der Waals surface area contributed by atoms with Gasteiger partial charge in [-0.15, -0.1) is 0 Å². The lowest BCUT2D eigenvalue weighted by Crippen LogP contribution is -2.17. The third-order valence-electron chi connectivity index (χ3n) is 5.28. The number of benzene rings is 2. The number of nitrogens with one attached hydrogen (secondary N) is 3. The van der Waals surface area contributed by atoms with Crippen LogP contribution in [-0.2, 0) is 0 Å². The van der Waals surface area contributed by atoms with Gasteiger partial charge in [0.2, 0.25) is 5.95 Å². The zero-order valence-electron chi connectivity index (χ0n) is 16.4. The molecule has 4 N–H and O–H groups in total. The van der Waals surface area contributed by atoms with Crippen molar-refractivity contribution in [2.45, 2.75) is 24.8 Å². The molecule has 0 spiro atoms. The first kappa shape index (κ1) is 19.4. The summed E-state index contributed by atoms with van der Waals surface area (Å²) in [5.41, 5.74) is 2.14. The van der Waals surface area contributed by atoms with Gasteiger partial charge in [-0.1, -0.05) is 12.1 Å². The third-order valence-corrected chi connectivity index (χ3v) is 5.28. The molecule has 1 fully saturated rings. The van der Waals surface area contributed by atoms with Crippen molar-refractivity contribution in [3.63, 3.8) is 0 Å². The predicted octanol–water partition coefficient (Wildman–Crippen LogP) is 4.40. The van der Waals surface area contributed by atoms with E-state index in [1.165, 1.54) is 24.3 Å². The van der Waals surface area contributed by atoms with Crippen LogP contribution in [0.2, 0.25) is 0 Å². The molecule has 1 aliphatic rings. The predicted molar refractivity (Wildman–Crippen MR) is 113 cm³/mol. The molecule has 0 unspecified atom stereocenters. The van der Waals surface area contributed by atoms with Gasteiger partial charge in [-0.3, -0.25) is 5.10 Å². The summed E-state index contributed by atoms with van der Waals surface area (Å²) in [5, 5.41) is 24.0. The number of aromatic amines is 1. The Morgan fingerprint density at radius 1 is 1.03 bits per heavy atom. The lowest BCUT2D eigenvalue weighted by molar-refractivity contribution is 0.276. The Morgan fingerprint density at radius 3 is 2.55 bits per heavy atom. The van der Waals surface area contributed by atoms with E-state index in [2.05, 4.69) is 30.8 Å². The van der Waals surface area contributed by atoms with Gasteiger partial charge in [-0.25, -0.2) is 13.8 Å². The number of anilines is 3. The first-order chi connectivity index (χ1) is 15.1. The molecule has 1 aliphatic carbocycles. The Labute approximate surface area is 176 Å². The van der Waals surface area contributed by atoms with E-state index in [1.54, 1.807) is 18.2 Å². The highest BCUT2D eigenvalue weighted by Crippen LogP contribution is 2.40. The van der Waals surface area contributed by atoms with E-state index in [0.29, 0.717) is 34.0 Å². The van der Waals surface area contributed by atoms with Gasteiger partial charge in [0.1, 0.15) is 17.5 Å². The quantitative estimate of drug-likeness (QED) is 0.352. The van der Waals surface area contributed by atoms with Crippen LogP contribution in [0.1, 0.15) is 36.1 Å². The summed E-state index contributed by atoms with van der Waals surface area (Å²) in [6, 6.07) is 11.4. The highest BCUT2D eigenvalue weighted by atomic mass is 19.1. The van der Waals surface area contributed by atoms with Crippen molar-refractivity contribution in [3.05, 3.63) is 71.4 Å². The van der Waals surface area contributed by atoms with E-state index in [-0.39, 0.29) is 18.4 Å². The van der Waals surface area contributed by atoms with Gasteiger partial charge < -0.3 is 15.7 Å². The van der Waals surface area contributed by atoms with Gasteiger partial charge in [0.25, 0.3) is 0 Å². The van der Waals surface area contributed by atoms with Crippen LogP contribution < -0.4 is 10.6 Å². The minimum absolute atomic E-state index is 0.196. The number of hydrogen-bond acceptors (Lipinski definition) is 6. The highest BCUT2D eigenvalue weighted by Gasteiger charge is 2.25. The molecular weight excluding hydrogens is 402 g/mol. The van der Waals surface area contributed by atoms with Crippen LogP contribution in [0.25, 0.3) is 10.9 Å². The second-order valence-corrected chi connectivity index (χ2v) is 7.60. The second kappa shape index (κ2) is 7.92. The van der Waals surface area contributed by atoms with Gasteiger partial charge in [0.15, 0.2) is 5.82 Å². The number of fused-ring (bicyclic) bond motifs is 1. The lowest BCUT2D eigenvalue weighted by Gasteiger charge is -2.18. The number of aliphatic hydroxyl groups is 1. The van der Waals surface area contributed by atoms with Gasteiger partial charge in [-0.2, -0.15) is 10.1 Å². The molecule has 1 atom stereocenters. The lowest BCUT2D eigenvalue weighted by atomic mass is 10.1. The van der Waals surface area contributed by atoms with E-state index in [0.717, 1.165) is 18.5 Å². The maximum Gasteiger partial charge on any atom is 0.225 e. The van der Waals surface area contributed by atoms with E-state index in [4.69, 9.17) is 0 Å². The second-order valence-electron chi connectivity index (χ2n) is 7.60. The number of H-pyrrole nitrogens is 1. The first-order valence-electron chi connectivity index (χ1n) is 10.0. The van der Waals surface area contributed by atoms with Crippen molar-refractivity contribution in [2.75, 3.05) is 17.2 Å². The smallest absolute Gasteiger partial charge is 0.225 e. The monoisotopic (exact) mass is 422 g/mol. The van der Waals surface area contributed by atoms with Crippen LogP contribution >= 0.6 is 0 Å². The number of rotatable bonds is 7. The summed E-state index contributed by atoms with van der Waals surface area (Å²) < 4.78 is 27.1. The largest absolute Gasteiger partial charge is 0.394 e. The molecule has 7 nitrogen and oxygen atoms in total. The fourth-order valence-electron chi connectivity index (χ4n) is 3.47. The minimum atomic E-state index is -0.564. The van der Waals surface area contributed by atoms with Crippen LogP contribution in [0.15, 0.2) is 48.5 Å². The molecular formula is C22H20F2N6O. The summed E-state index contributed by atoms with van der Waals surface area (Å²) in [4.78, 5) is 8.93. The Hall–Kier alpha value is -3.59. The number of halogens is 2. The molecule has 158 valence electrons. The molecule has 2 aromatic heterocycles. The molecule has 0 amide bonds. The van der Waals surface area contributed by atoms with Gasteiger partial charge >= 0.3 is 0 Å². The molecule has 2 aromatic carbocycles. The van der Waals surface area contributed by atoms with Crippen LogP contribution in [-0.4, -0.2) is 31.9 Å². The van der Waals surface area contributed by atoms with E-state index < -0.39 is 11.9 Å². The summed E-state index contributed by atoms with van der Waals surface area (Å²) in [5.74, 6) is 0.996. The fraction of sp³-hybridized carbons (Fsp3) is 0.227. The van der Waals surface area contributed by atoms with Crippen molar-refractivity contribution < 1.29 is 13.9 Å². The number of aliphatic hydroxyl groups excluding tert-OH is 1. The van der Waals surface area contributed by atoms with Crippen molar-refractivity contribution in [3.8, 4) is 0 Å². The molecule has 9 heteroatoms. The van der Waals surface area contributed by atoms with E-state index >= 15 is 0 Å². The fourth-order valence-corrected chi connectivity index (χ4v) is 3.47. The zero-order valence-corrected chi connectivity index (χ0v) is 16.4. The normalized spacial score (nSPS) is 14.5. The molecule has 5 rings (SSSR count). The molecule has 0 bridgehead atoms. The molecule has 0 aliphatic heterocycles. The average molecular weight is 422 g/mol. The SMILES string of the molecule is OC[C@@H](Nc1nc(Nc2cc(C3CC3)[nH]n2)c2ccc(F)cc2n1)c1ccc(F)cc1. The average Bonchev–Trinajstić information content (AvgIpc) is 3.51. The van der Waals surface area contributed by atoms with Crippen molar-refractivity contribution in [2.24, 2.45) is 0 Å². The Morgan fingerprint density at radius 2 is 1.81 bits per heavy atom.